The standard InChI is InChI=1S/C13H11ClN2O/c1-8-5-10-6-9(3-2-4-15)13(17)16-12(10)7-11(8)14/h5-7H,2-3H2,1H3,(H,16,17). The fourth-order valence-electron chi connectivity index (χ4n) is 1.76. The zero-order chi connectivity index (χ0) is 12.4. The Morgan fingerprint density at radius 2 is 2.18 bits per heavy atom. The predicted molar refractivity (Wildman–Crippen MR) is 68.2 cm³/mol. The summed E-state index contributed by atoms with van der Waals surface area (Å²) >= 11 is 6.00. The van der Waals surface area contributed by atoms with Crippen LogP contribution in [0.15, 0.2) is 23.0 Å². The van der Waals surface area contributed by atoms with Crippen LogP contribution in [-0.2, 0) is 6.42 Å². The highest BCUT2D eigenvalue weighted by molar-refractivity contribution is 6.32. The van der Waals surface area contributed by atoms with E-state index in [0.717, 1.165) is 16.5 Å². The molecule has 86 valence electrons. The first-order valence-electron chi connectivity index (χ1n) is 5.31. The molecule has 0 fully saturated rings. The van der Waals surface area contributed by atoms with Gasteiger partial charge in [-0.3, -0.25) is 4.79 Å². The Kier molecular flexibility index (Phi) is 3.16. The Labute approximate surface area is 104 Å². The number of nitrogens with one attached hydrogen (secondary N) is 1. The summed E-state index contributed by atoms with van der Waals surface area (Å²) in [6.07, 6.45) is 0.824. The van der Waals surface area contributed by atoms with Crippen LogP contribution in [0.4, 0.5) is 0 Å². The highest BCUT2D eigenvalue weighted by Gasteiger charge is 2.05. The number of aromatic nitrogens is 1. The van der Waals surface area contributed by atoms with Crippen molar-refractivity contribution in [2.24, 2.45) is 0 Å². The molecule has 2 aromatic rings. The van der Waals surface area contributed by atoms with Crippen molar-refractivity contribution in [3.63, 3.8) is 0 Å². The lowest BCUT2D eigenvalue weighted by Gasteiger charge is -2.04. The van der Waals surface area contributed by atoms with Crippen LogP contribution < -0.4 is 5.56 Å². The number of nitrogens with zero attached hydrogens (tertiary/aromatic N) is 1. The number of hydrogen-bond acceptors (Lipinski definition) is 2. The SMILES string of the molecule is Cc1cc2cc(CCC#N)c(=O)[nH]c2cc1Cl. The smallest absolute Gasteiger partial charge is 0.251 e. The molecule has 0 aliphatic carbocycles. The first-order valence-corrected chi connectivity index (χ1v) is 5.68. The van der Waals surface area contributed by atoms with Gasteiger partial charge in [0.2, 0.25) is 0 Å². The van der Waals surface area contributed by atoms with Gasteiger partial charge < -0.3 is 4.98 Å². The van der Waals surface area contributed by atoms with Crippen molar-refractivity contribution in [1.29, 1.82) is 5.26 Å². The van der Waals surface area contributed by atoms with Gasteiger partial charge >= 0.3 is 0 Å². The van der Waals surface area contributed by atoms with Gasteiger partial charge in [0.25, 0.3) is 5.56 Å². The average Bonchev–Trinajstić information content (AvgIpc) is 2.29. The number of hydrogen-bond donors (Lipinski definition) is 1. The molecule has 1 heterocycles. The van der Waals surface area contributed by atoms with Gasteiger partial charge in [0.05, 0.1) is 6.07 Å². The van der Waals surface area contributed by atoms with Crippen molar-refractivity contribution >= 4 is 22.5 Å². The third kappa shape index (κ3) is 2.32. The number of pyridine rings is 1. The highest BCUT2D eigenvalue weighted by Crippen LogP contribution is 2.21. The van der Waals surface area contributed by atoms with Crippen molar-refractivity contribution in [2.75, 3.05) is 0 Å². The van der Waals surface area contributed by atoms with E-state index in [2.05, 4.69) is 4.98 Å². The summed E-state index contributed by atoms with van der Waals surface area (Å²) < 4.78 is 0. The molecule has 1 N–H and O–H groups in total. The fraction of sp³-hybridized carbons (Fsp3) is 0.231. The van der Waals surface area contributed by atoms with Crippen LogP contribution in [-0.4, -0.2) is 4.98 Å². The molecular formula is C13H11ClN2O. The number of aromatic amines is 1. The van der Waals surface area contributed by atoms with E-state index in [0.29, 0.717) is 23.4 Å². The molecule has 0 atom stereocenters. The molecule has 1 aromatic heterocycles. The third-order valence-electron chi connectivity index (χ3n) is 2.71. The zero-order valence-corrected chi connectivity index (χ0v) is 10.1. The van der Waals surface area contributed by atoms with Crippen LogP contribution in [0.2, 0.25) is 5.02 Å². The van der Waals surface area contributed by atoms with E-state index < -0.39 is 0 Å². The topological polar surface area (TPSA) is 56.6 Å². The van der Waals surface area contributed by atoms with Crippen molar-refractivity contribution in [2.45, 2.75) is 19.8 Å². The Hall–Kier alpha value is -1.79. The van der Waals surface area contributed by atoms with Crippen LogP contribution in [0.5, 0.6) is 0 Å². The maximum absolute atomic E-state index is 11.7. The molecule has 0 saturated carbocycles. The van der Waals surface area contributed by atoms with Crippen LogP contribution in [0.1, 0.15) is 17.5 Å². The number of nitriles is 1. The van der Waals surface area contributed by atoms with Crippen molar-refractivity contribution in [3.8, 4) is 6.07 Å². The summed E-state index contributed by atoms with van der Waals surface area (Å²) in [7, 11) is 0. The summed E-state index contributed by atoms with van der Waals surface area (Å²) in [5, 5.41) is 10.1. The fourth-order valence-corrected chi connectivity index (χ4v) is 1.93. The number of halogens is 1. The predicted octanol–water partition coefficient (Wildman–Crippen LogP) is 2.95. The van der Waals surface area contributed by atoms with E-state index in [9.17, 15) is 4.79 Å². The van der Waals surface area contributed by atoms with Gasteiger partial charge in [0, 0.05) is 22.5 Å². The van der Waals surface area contributed by atoms with E-state index in [4.69, 9.17) is 16.9 Å². The Bertz CT molecular complexity index is 667. The first-order chi connectivity index (χ1) is 8.11. The van der Waals surface area contributed by atoms with Gasteiger partial charge in [-0.15, -0.1) is 0 Å². The van der Waals surface area contributed by atoms with E-state index in [1.165, 1.54) is 0 Å². The lowest BCUT2D eigenvalue weighted by molar-refractivity contribution is 0.983. The minimum atomic E-state index is -0.146. The Balaban J connectivity index is 2.60. The van der Waals surface area contributed by atoms with E-state index in [-0.39, 0.29) is 5.56 Å². The van der Waals surface area contributed by atoms with Gasteiger partial charge in [-0.1, -0.05) is 11.6 Å². The highest BCUT2D eigenvalue weighted by atomic mass is 35.5. The Morgan fingerprint density at radius 1 is 1.41 bits per heavy atom. The molecule has 0 bridgehead atoms. The largest absolute Gasteiger partial charge is 0.322 e. The monoisotopic (exact) mass is 246 g/mol. The van der Waals surface area contributed by atoms with Crippen molar-refractivity contribution in [3.05, 3.63) is 44.7 Å². The van der Waals surface area contributed by atoms with E-state index in [1.54, 1.807) is 6.07 Å². The summed E-state index contributed by atoms with van der Waals surface area (Å²) in [6, 6.07) is 7.55. The zero-order valence-electron chi connectivity index (χ0n) is 9.38. The molecule has 0 saturated heterocycles. The van der Waals surface area contributed by atoms with Crippen LogP contribution >= 0.6 is 11.6 Å². The van der Waals surface area contributed by atoms with Gasteiger partial charge in [-0.05, 0) is 42.5 Å². The molecule has 3 nitrogen and oxygen atoms in total. The molecule has 17 heavy (non-hydrogen) atoms. The quantitative estimate of drug-likeness (QED) is 0.886. The molecule has 1 aromatic carbocycles. The molecule has 0 aliphatic heterocycles. The molecule has 0 amide bonds. The molecule has 0 aliphatic rings. The summed E-state index contributed by atoms with van der Waals surface area (Å²) in [5.74, 6) is 0. The molecule has 0 unspecified atom stereocenters. The second kappa shape index (κ2) is 4.60. The second-order valence-corrected chi connectivity index (χ2v) is 4.38. The van der Waals surface area contributed by atoms with Gasteiger partial charge in [-0.25, -0.2) is 0 Å². The number of fused-ring (bicyclic) bond motifs is 1. The maximum Gasteiger partial charge on any atom is 0.251 e. The average molecular weight is 247 g/mol. The van der Waals surface area contributed by atoms with Gasteiger partial charge in [0.15, 0.2) is 0 Å². The number of aryl methyl sites for hydroxylation is 2. The Morgan fingerprint density at radius 3 is 2.88 bits per heavy atom. The minimum Gasteiger partial charge on any atom is -0.322 e. The number of benzene rings is 1. The van der Waals surface area contributed by atoms with E-state index in [1.807, 2.05) is 25.1 Å². The number of H-pyrrole nitrogens is 1. The summed E-state index contributed by atoms with van der Waals surface area (Å²) in [5.41, 5.74) is 2.19. The third-order valence-corrected chi connectivity index (χ3v) is 3.11. The molecule has 2 rings (SSSR count). The van der Waals surface area contributed by atoms with Crippen LogP contribution in [0.25, 0.3) is 10.9 Å². The summed E-state index contributed by atoms with van der Waals surface area (Å²) in [6.45, 7) is 1.92. The molecule has 0 radical (unpaired) electrons. The lowest BCUT2D eigenvalue weighted by atomic mass is 10.1. The van der Waals surface area contributed by atoms with E-state index >= 15 is 0 Å². The van der Waals surface area contributed by atoms with Gasteiger partial charge in [0.1, 0.15) is 0 Å². The lowest BCUT2D eigenvalue weighted by Crippen LogP contribution is -2.12. The number of rotatable bonds is 2. The summed E-state index contributed by atoms with van der Waals surface area (Å²) in [4.78, 5) is 14.5. The maximum atomic E-state index is 11.7. The van der Waals surface area contributed by atoms with Crippen LogP contribution in [0, 0.1) is 18.3 Å². The normalized spacial score (nSPS) is 10.4. The molecule has 4 heteroatoms. The molecule has 0 spiro atoms. The van der Waals surface area contributed by atoms with Crippen LogP contribution in [0.3, 0.4) is 0 Å². The van der Waals surface area contributed by atoms with Crippen molar-refractivity contribution in [1.82, 2.24) is 4.98 Å². The second-order valence-electron chi connectivity index (χ2n) is 3.97. The first kappa shape index (κ1) is 11.7. The minimum absolute atomic E-state index is 0.146. The van der Waals surface area contributed by atoms with Gasteiger partial charge in [-0.2, -0.15) is 5.26 Å². The molecular weight excluding hydrogens is 236 g/mol. The van der Waals surface area contributed by atoms with Crippen molar-refractivity contribution < 1.29 is 0 Å².